The second-order valence-electron chi connectivity index (χ2n) is 6.79. The van der Waals surface area contributed by atoms with Gasteiger partial charge in [0.1, 0.15) is 11.5 Å². The Morgan fingerprint density at radius 1 is 1.06 bits per heavy atom. The molecule has 0 radical (unpaired) electrons. The molecule has 0 fully saturated rings. The smallest absolute Gasteiger partial charge is 0.264 e. The van der Waals surface area contributed by atoms with Gasteiger partial charge < -0.3 is 14.8 Å². The molecule has 0 unspecified atom stereocenters. The Morgan fingerprint density at radius 2 is 1.81 bits per heavy atom. The van der Waals surface area contributed by atoms with E-state index in [2.05, 4.69) is 20.6 Å². The van der Waals surface area contributed by atoms with Crippen molar-refractivity contribution in [1.29, 1.82) is 0 Å². The van der Waals surface area contributed by atoms with E-state index in [1.165, 1.54) is 23.0 Å². The molecule has 162 valence electrons. The molecular formula is C23H21N5O4. The molecule has 0 saturated carbocycles. The Balaban J connectivity index is 1.53. The number of aromatic nitrogens is 4. The van der Waals surface area contributed by atoms with Crippen molar-refractivity contribution < 1.29 is 14.3 Å². The fourth-order valence-electron chi connectivity index (χ4n) is 3.06. The number of nitrogens with one attached hydrogen (secondary N) is 2. The number of benzene rings is 2. The first-order valence-electron chi connectivity index (χ1n) is 9.97. The topological polar surface area (TPSA) is 111 Å². The number of carbonyl (C=O) groups excluding carboxylic acids is 1. The van der Waals surface area contributed by atoms with Crippen LogP contribution in [0.1, 0.15) is 23.0 Å². The first kappa shape index (κ1) is 20.9. The van der Waals surface area contributed by atoms with E-state index in [-0.39, 0.29) is 11.5 Å². The van der Waals surface area contributed by atoms with Crippen LogP contribution in [-0.4, -0.2) is 32.5 Å². The highest BCUT2D eigenvalue weighted by Gasteiger charge is 2.17. The third-order valence-corrected chi connectivity index (χ3v) is 4.63. The van der Waals surface area contributed by atoms with Crippen molar-refractivity contribution in [2.75, 3.05) is 11.9 Å². The highest BCUT2D eigenvalue weighted by molar-refractivity contribution is 6.05. The largest absolute Gasteiger partial charge is 0.494 e. The average Bonchev–Trinajstić information content (AvgIpc) is 3.18. The number of nitrogens with zero attached hydrogens (tertiary/aromatic N) is 3. The van der Waals surface area contributed by atoms with E-state index in [1.54, 1.807) is 37.3 Å². The van der Waals surface area contributed by atoms with Gasteiger partial charge in [-0.1, -0.05) is 12.1 Å². The summed E-state index contributed by atoms with van der Waals surface area (Å²) in [4.78, 5) is 24.2. The van der Waals surface area contributed by atoms with Crippen LogP contribution in [-0.2, 0) is 0 Å². The third-order valence-electron chi connectivity index (χ3n) is 4.63. The summed E-state index contributed by atoms with van der Waals surface area (Å²) in [6.07, 6.45) is 1.45. The third kappa shape index (κ3) is 4.51. The Labute approximate surface area is 183 Å². The van der Waals surface area contributed by atoms with E-state index >= 15 is 0 Å². The number of carbonyl (C=O) groups is 1. The molecular weight excluding hydrogens is 410 g/mol. The lowest BCUT2D eigenvalue weighted by Crippen LogP contribution is -2.14. The number of hydrogen-bond donors (Lipinski definition) is 2. The quantitative estimate of drug-likeness (QED) is 0.461. The predicted molar refractivity (Wildman–Crippen MR) is 119 cm³/mol. The summed E-state index contributed by atoms with van der Waals surface area (Å²) in [6, 6.07) is 17.3. The molecule has 1 amide bonds. The molecule has 9 nitrogen and oxygen atoms in total. The zero-order chi connectivity index (χ0) is 22.5. The van der Waals surface area contributed by atoms with Crippen molar-refractivity contribution in [3.63, 3.8) is 0 Å². The summed E-state index contributed by atoms with van der Waals surface area (Å²) in [7, 11) is 0. The number of hydrogen-bond acceptors (Lipinski definition) is 6. The van der Waals surface area contributed by atoms with Gasteiger partial charge in [-0.2, -0.15) is 10.2 Å². The summed E-state index contributed by atoms with van der Waals surface area (Å²) >= 11 is 0. The Hall–Kier alpha value is -4.40. The number of aromatic amines is 1. The van der Waals surface area contributed by atoms with Crippen molar-refractivity contribution in [3.05, 3.63) is 88.5 Å². The minimum Gasteiger partial charge on any atom is -0.494 e. The van der Waals surface area contributed by atoms with E-state index in [4.69, 9.17) is 9.47 Å². The monoisotopic (exact) mass is 431 g/mol. The lowest BCUT2D eigenvalue weighted by atomic mass is 10.2. The van der Waals surface area contributed by atoms with Crippen LogP contribution < -0.4 is 20.3 Å². The van der Waals surface area contributed by atoms with Gasteiger partial charge in [-0.3, -0.25) is 9.59 Å². The maximum atomic E-state index is 12.9. The predicted octanol–water partition coefficient (Wildman–Crippen LogP) is 3.71. The first-order valence-corrected chi connectivity index (χ1v) is 9.97. The standard InChI is InChI=1S/C23H21N5O4/c1-3-31-16-8-10-17(11-9-16)32-20-7-5-4-6-19(20)25-23(30)18-14-24-28(15(18)2)21-12-13-22(29)27-26-21/h4-14H,3H2,1-2H3,(H,25,30)(H,27,29). The number of H-pyrrole nitrogens is 1. The molecule has 0 bridgehead atoms. The molecule has 2 N–H and O–H groups in total. The van der Waals surface area contributed by atoms with Gasteiger partial charge in [0.25, 0.3) is 11.5 Å². The van der Waals surface area contributed by atoms with Gasteiger partial charge in [-0.05, 0) is 56.3 Å². The van der Waals surface area contributed by atoms with Crippen LogP contribution in [0.2, 0.25) is 0 Å². The molecule has 9 heteroatoms. The van der Waals surface area contributed by atoms with Gasteiger partial charge in [-0.25, -0.2) is 9.78 Å². The van der Waals surface area contributed by atoms with Crippen LogP contribution in [0.4, 0.5) is 5.69 Å². The minimum atomic E-state index is -0.346. The molecule has 0 atom stereocenters. The summed E-state index contributed by atoms with van der Waals surface area (Å²) in [6.45, 7) is 4.26. The van der Waals surface area contributed by atoms with E-state index in [9.17, 15) is 9.59 Å². The van der Waals surface area contributed by atoms with Gasteiger partial charge in [-0.15, -0.1) is 0 Å². The summed E-state index contributed by atoms with van der Waals surface area (Å²) in [5.41, 5.74) is 1.14. The molecule has 2 aromatic heterocycles. The molecule has 2 heterocycles. The maximum absolute atomic E-state index is 12.9. The van der Waals surface area contributed by atoms with E-state index < -0.39 is 0 Å². The van der Waals surface area contributed by atoms with Gasteiger partial charge in [0.15, 0.2) is 11.6 Å². The van der Waals surface area contributed by atoms with E-state index in [1.807, 2.05) is 25.1 Å². The maximum Gasteiger partial charge on any atom is 0.264 e. The molecule has 2 aromatic carbocycles. The van der Waals surface area contributed by atoms with Gasteiger partial charge in [0, 0.05) is 6.07 Å². The summed E-state index contributed by atoms with van der Waals surface area (Å²) in [5.74, 6) is 1.92. The number of ether oxygens (including phenoxy) is 2. The number of rotatable bonds is 7. The second-order valence-corrected chi connectivity index (χ2v) is 6.79. The van der Waals surface area contributed by atoms with Crippen LogP contribution in [0.15, 0.2) is 71.7 Å². The number of amides is 1. The Bertz CT molecular complexity index is 1270. The molecule has 0 aliphatic rings. The first-order chi connectivity index (χ1) is 15.5. The summed E-state index contributed by atoms with van der Waals surface area (Å²) < 4.78 is 12.9. The fourth-order valence-corrected chi connectivity index (χ4v) is 3.06. The van der Waals surface area contributed by atoms with Gasteiger partial charge in [0.05, 0.1) is 29.7 Å². The van der Waals surface area contributed by atoms with Crippen molar-refractivity contribution >= 4 is 11.6 Å². The van der Waals surface area contributed by atoms with Crippen LogP contribution in [0, 0.1) is 6.92 Å². The Morgan fingerprint density at radius 3 is 2.53 bits per heavy atom. The van der Waals surface area contributed by atoms with E-state index in [0.717, 1.165) is 5.75 Å². The normalized spacial score (nSPS) is 10.6. The van der Waals surface area contributed by atoms with Crippen LogP contribution in [0.5, 0.6) is 17.2 Å². The molecule has 0 saturated heterocycles. The highest BCUT2D eigenvalue weighted by atomic mass is 16.5. The van der Waals surface area contributed by atoms with Crippen LogP contribution >= 0.6 is 0 Å². The van der Waals surface area contributed by atoms with Crippen LogP contribution in [0.25, 0.3) is 5.82 Å². The lowest BCUT2D eigenvalue weighted by molar-refractivity contribution is 0.102. The number of para-hydroxylation sites is 2. The van der Waals surface area contributed by atoms with Crippen molar-refractivity contribution in [2.45, 2.75) is 13.8 Å². The van der Waals surface area contributed by atoms with Crippen molar-refractivity contribution in [3.8, 4) is 23.1 Å². The molecule has 32 heavy (non-hydrogen) atoms. The zero-order valence-electron chi connectivity index (χ0n) is 17.5. The van der Waals surface area contributed by atoms with Crippen molar-refractivity contribution in [2.24, 2.45) is 0 Å². The molecule has 0 spiro atoms. The lowest BCUT2D eigenvalue weighted by Gasteiger charge is -2.12. The van der Waals surface area contributed by atoms with Crippen LogP contribution in [0.3, 0.4) is 0 Å². The number of anilines is 1. The molecule has 0 aliphatic carbocycles. The summed E-state index contributed by atoms with van der Waals surface area (Å²) in [5, 5.41) is 13.4. The minimum absolute atomic E-state index is 0.319. The van der Waals surface area contributed by atoms with Gasteiger partial charge in [0.2, 0.25) is 0 Å². The zero-order valence-corrected chi connectivity index (χ0v) is 17.5. The Kier molecular flexibility index (Phi) is 5.98. The fraction of sp³-hybridized carbons (Fsp3) is 0.130. The van der Waals surface area contributed by atoms with E-state index in [0.29, 0.717) is 40.9 Å². The SMILES string of the molecule is CCOc1ccc(Oc2ccccc2NC(=O)c2cnn(-c3ccc(=O)[nH]n3)c2C)cc1. The second kappa shape index (κ2) is 9.17. The molecule has 4 aromatic rings. The van der Waals surface area contributed by atoms with Crippen molar-refractivity contribution in [1.82, 2.24) is 20.0 Å². The average molecular weight is 431 g/mol. The highest BCUT2D eigenvalue weighted by Crippen LogP contribution is 2.30. The molecule has 4 rings (SSSR count). The van der Waals surface area contributed by atoms with Gasteiger partial charge >= 0.3 is 0 Å². The molecule has 0 aliphatic heterocycles.